The third-order valence-corrected chi connectivity index (χ3v) is 10.6. The van der Waals surface area contributed by atoms with Gasteiger partial charge in [0.05, 0.1) is 17.1 Å². The summed E-state index contributed by atoms with van der Waals surface area (Å²) in [5.74, 6) is 1.76. The van der Waals surface area contributed by atoms with E-state index < -0.39 is 0 Å². The van der Waals surface area contributed by atoms with Crippen molar-refractivity contribution in [3.05, 3.63) is 119 Å². The minimum atomic E-state index is -0.208. The number of pyridine rings is 1. The van der Waals surface area contributed by atoms with Gasteiger partial charge in [0, 0.05) is 38.2 Å². The third kappa shape index (κ3) is 5.08. The number of phenols is 1. The maximum absolute atomic E-state index is 11.2. The molecular weight excluding hydrogens is 758 g/mol. The summed E-state index contributed by atoms with van der Waals surface area (Å²) in [7, 11) is 0. The van der Waals surface area contributed by atoms with Crippen molar-refractivity contribution < 1.29 is 26.2 Å². The maximum atomic E-state index is 11.2. The van der Waals surface area contributed by atoms with Gasteiger partial charge in [0.1, 0.15) is 17.3 Å². The van der Waals surface area contributed by atoms with E-state index >= 15 is 0 Å². The molecule has 2 aromatic heterocycles. The van der Waals surface area contributed by atoms with Crippen molar-refractivity contribution in [2.24, 2.45) is 0 Å². The Kier molecular flexibility index (Phi) is 8.33. The van der Waals surface area contributed by atoms with Gasteiger partial charge >= 0.3 is 0 Å². The molecule has 0 fully saturated rings. The van der Waals surface area contributed by atoms with E-state index in [1.807, 2.05) is 18.2 Å². The summed E-state index contributed by atoms with van der Waals surface area (Å²) in [6, 6.07) is 32.8. The normalized spacial score (nSPS) is 14.6. The van der Waals surface area contributed by atoms with Crippen LogP contribution in [0, 0.1) is 6.07 Å². The van der Waals surface area contributed by atoms with Gasteiger partial charge < -0.3 is 9.67 Å². The standard InChI is InChI=1S/C42H42N3O.Pt/c1-25(2)28-17-12-18-29(26(3)4)39(28)45-24-35(44-40(45)31-19-11-15-27-14-9-10-16-30(27)31)34-23-22-33-38(43-34)37-32(20-13-21-36(37)46)41(5,6)42(33,7)8;/h9-15,17-26,46H,1-8H3;/q-1;. The molecule has 0 saturated carbocycles. The van der Waals surface area contributed by atoms with Crippen molar-refractivity contribution in [3.8, 4) is 45.5 Å². The molecule has 0 unspecified atom stereocenters. The van der Waals surface area contributed by atoms with E-state index in [9.17, 15) is 5.11 Å². The average molecular weight is 800 g/mol. The number of aromatic hydroxyl groups is 1. The zero-order valence-corrected chi connectivity index (χ0v) is 30.7. The molecule has 2 heterocycles. The Morgan fingerprint density at radius 1 is 0.702 bits per heavy atom. The first kappa shape index (κ1) is 32.9. The molecule has 0 amide bonds. The molecule has 6 aromatic rings. The van der Waals surface area contributed by atoms with Crippen LogP contribution >= 0.6 is 0 Å². The number of fused-ring (bicyclic) bond motifs is 4. The molecule has 1 aliphatic carbocycles. The molecule has 0 atom stereocenters. The van der Waals surface area contributed by atoms with Crippen LogP contribution in [-0.4, -0.2) is 19.6 Å². The van der Waals surface area contributed by atoms with E-state index in [2.05, 4.69) is 133 Å². The van der Waals surface area contributed by atoms with Gasteiger partial charge in [-0.3, -0.25) is 0 Å². The molecule has 0 saturated heterocycles. The van der Waals surface area contributed by atoms with Gasteiger partial charge in [0.2, 0.25) is 0 Å². The summed E-state index contributed by atoms with van der Waals surface area (Å²) >= 11 is 0. The van der Waals surface area contributed by atoms with Gasteiger partial charge in [-0.1, -0.05) is 116 Å². The van der Waals surface area contributed by atoms with E-state index in [0.29, 0.717) is 11.8 Å². The Hall–Kier alpha value is -4.01. The van der Waals surface area contributed by atoms with Gasteiger partial charge in [-0.25, -0.2) is 9.97 Å². The Bertz CT molecular complexity index is 2100. The summed E-state index contributed by atoms with van der Waals surface area (Å²) in [5.41, 5.74) is 9.81. The van der Waals surface area contributed by atoms with Crippen molar-refractivity contribution >= 4 is 10.8 Å². The van der Waals surface area contributed by atoms with Crippen LogP contribution in [0.2, 0.25) is 0 Å². The SMILES string of the molecule is CC(C)c1cccc(C(C)C)c1-n1cc(-c2ccc3c(n2)-c2c(O)cccc2C(C)(C)C3(C)C)nc1-c1cccc2ccc[c-]c12.[Pt]. The van der Waals surface area contributed by atoms with Gasteiger partial charge in [-0.2, -0.15) is 0 Å². The molecule has 0 radical (unpaired) electrons. The molecular formula is C42H42N3OPt-. The van der Waals surface area contributed by atoms with Crippen LogP contribution in [0.15, 0.2) is 91.1 Å². The second-order valence-electron chi connectivity index (χ2n) is 14.4. The summed E-state index contributed by atoms with van der Waals surface area (Å²) in [4.78, 5) is 10.7. The molecule has 0 aliphatic heterocycles. The van der Waals surface area contributed by atoms with Crippen molar-refractivity contribution in [1.82, 2.24) is 14.5 Å². The molecule has 7 rings (SSSR count). The van der Waals surface area contributed by atoms with E-state index in [1.165, 1.54) is 16.8 Å². The Balaban J connectivity index is 0.00000386. The summed E-state index contributed by atoms with van der Waals surface area (Å²) in [6.45, 7) is 18.1. The zero-order valence-electron chi connectivity index (χ0n) is 28.4. The fourth-order valence-corrected chi connectivity index (χ4v) is 7.27. The first-order valence-electron chi connectivity index (χ1n) is 16.4. The number of rotatable bonds is 5. The molecule has 1 N–H and O–H groups in total. The van der Waals surface area contributed by atoms with Crippen LogP contribution in [0.3, 0.4) is 0 Å². The maximum Gasteiger partial charge on any atom is 0.125 e. The zero-order chi connectivity index (χ0) is 32.5. The fraction of sp³-hybridized carbons (Fsp3) is 0.286. The van der Waals surface area contributed by atoms with Crippen molar-refractivity contribution in [2.45, 2.75) is 78.1 Å². The number of phenolic OH excluding ortho intramolecular Hbond substituents is 1. The van der Waals surface area contributed by atoms with Crippen molar-refractivity contribution in [2.75, 3.05) is 0 Å². The predicted molar refractivity (Wildman–Crippen MR) is 190 cm³/mol. The minimum Gasteiger partial charge on any atom is -0.507 e. The molecule has 47 heavy (non-hydrogen) atoms. The van der Waals surface area contributed by atoms with Crippen LogP contribution < -0.4 is 0 Å². The van der Waals surface area contributed by atoms with Crippen LogP contribution in [0.4, 0.5) is 0 Å². The Morgan fingerprint density at radius 3 is 2.04 bits per heavy atom. The van der Waals surface area contributed by atoms with Crippen LogP contribution in [0.25, 0.3) is 50.5 Å². The summed E-state index contributed by atoms with van der Waals surface area (Å²) in [5, 5.41) is 13.4. The Morgan fingerprint density at radius 2 is 1.34 bits per heavy atom. The van der Waals surface area contributed by atoms with Gasteiger partial charge in [0.15, 0.2) is 0 Å². The number of aromatic nitrogens is 3. The van der Waals surface area contributed by atoms with Crippen molar-refractivity contribution in [1.29, 1.82) is 0 Å². The fourth-order valence-electron chi connectivity index (χ4n) is 7.27. The molecule has 0 bridgehead atoms. The number of para-hydroxylation sites is 1. The second kappa shape index (κ2) is 11.9. The molecule has 0 spiro atoms. The molecule has 4 aromatic carbocycles. The number of imidazole rings is 1. The largest absolute Gasteiger partial charge is 0.507 e. The van der Waals surface area contributed by atoms with Crippen LogP contribution in [0.1, 0.15) is 89.5 Å². The number of nitrogens with zero attached hydrogens (tertiary/aromatic N) is 3. The molecule has 5 heteroatoms. The van der Waals surface area contributed by atoms with Crippen molar-refractivity contribution in [3.63, 3.8) is 0 Å². The second-order valence-corrected chi connectivity index (χ2v) is 14.4. The smallest absolute Gasteiger partial charge is 0.125 e. The number of benzene rings is 4. The molecule has 4 nitrogen and oxygen atoms in total. The quantitative estimate of drug-likeness (QED) is 0.177. The van der Waals surface area contributed by atoms with Gasteiger partial charge in [-0.15, -0.1) is 35.0 Å². The number of hydrogen-bond donors (Lipinski definition) is 1. The van der Waals surface area contributed by atoms with Gasteiger partial charge in [-0.05, 0) is 51.6 Å². The van der Waals surface area contributed by atoms with E-state index in [1.54, 1.807) is 6.07 Å². The van der Waals surface area contributed by atoms with E-state index in [0.717, 1.165) is 55.9 Å². The van der Waals surface area contributed by atoms with E-state index in [-0.39, 0.29) is 37.6 Å². The average Bonchev–Trinajstić information content (AvgIpc) is 3.48. The van der Waals surface area contributed by atoms with E-state index in [4.69, 9.17) is 9.97 Å². The van der Waals surface area contributed by atoms with Crippen LogP contribution in [0.5, 0.6) is 5.75 Å². The number of hydrogen-bond acceptors (Lipinski definition) is 3. The summed E-state index contributed by atoms with van der Waals surface area (Å²) in [6.07, 6.45) is 2.16. The first-order valence-corrected chi connectivity index (χ1v) is 16.4. The third-order valence-electron chi connectivity index (χ3n) is 10.6. The van der Waals surface area contributed by atoms with Crippen LogP contribution in [-0.2, 0) is 31.9 Å². The van der Waals surface area contributed by atoms with Gasteiger partial charge in [0.25, 0.3) is 0 Å². The monoisotopic (exact) mass is 799 g/mol. The topological polar surface area (TPSA) is 50.9 Å². The summed E-state index contributed by atoms with van der Waals surface area (Å²) < 4.78 is 2.29. The molecule has 242 valence electrons. The molecule has 1 aliphatic rings. The predicted octanol–water partition coefficient (Wildman–Crippen LogP) is 10.7. The first-order chi connectivity index (χ1) is 21.9. The minimum absolute atomic E-state index is 0. The Labute approximate surface area is 293 Å².